The molecule has 33 heavy (non-hydrogen) atoms. The van der Waals surface area contributed by atoms with Crippen LogP contribution in [-0.4, -0.2) is 45.5 Å². The number of aliphatic carboxylic acids is 1. The highest BCUT2D eigenvalue weighted by atomic mass is 32.2. The van der Waals surface area contributed by atoms with Gasteiger partial charge in [-0.15, -0.1) is 0 Å². The van der Waals surface area contributed by atoms with Gasteiger partial charge < -0.3 is 16.2 Å². The maximum absolute atomic E-state index is 12.1. The number of amides is 2. The molecule has 0 bridgehead atoms. The molecule has 0 radical (unpaired) electrons. The number of carbonyl (C=O) groups is 3. The second-order valence-corrected chi connectivity index (χ2v) is 10.6. The Morgan fingerprint density at radius 2 is 1.58 bits per heavy atom. The van der Waals surface area contributed by atoms with E-state index in [0.717, 1.165) is 43.9 Å². The smallest absolute Gasteiger partial charge is 0.327 e. The van der Waals surface area contributed by atoms with Gasteiger partial charge in [-0.2, -0.15) is 11.8 Å². The van der Waals surface area contributed by atoms with Gasteiger partial charge in [0.15, 0.2) is 0 Å². The van der Waals surface area contributed by atoms with Gasteiger partial charge in [0, 0.05) is 23.7 Å². The molecule has 0 aliphatic carbocycles. The number of hydrogen-bond donors (Lipinski definition) is 3. The summed E-state index contributed by atoms with van der Waals surface area (Å²) in [4.78, 5) is 34.7. The van der Waals surface area contributed by atoms with E-state index in [1.54, 1.807) is 0 Å². The Labute approximate surface area is 208 Å². The van der Waals surface area contributed by atoms with Crippen LogP contribution in [0.2, 0.25) is 0 Å². The van der Waals surface area contributed by atoms with Crippen LogP contribution in [0.5, 0.6) is 0 Å². The number of primary amides is 1. The zero-order chi connectivity index (χ0) is 25.2. The highest BCUT2D eigenvalue weighted by Crippen LogP contribution is 2.17. The summed E-state index contributed by atoms with van der Waals surface area (Å²) in [5.41, 5.74) is 9.26. The van der Waals surface area contributed by atoms with Crippen LogP contribution in [0.4, 0.5) is 4.79 Å². The standard InChI is InChI=1S/C25H42N2O4S2/c1-6-21(15-23(26)28)16-33-25(31)27-22(24(29)30)17-32-14-13-20(5)12-8-11-19(4)10-7-9-18(2)3/h9,11,13,21-22H,6-8,10,12,14-17H2,1-5H3,(H2,26,28)(H,27,31)(H,29,30)/b19-11+,20-13+/t21?,22-/m0/s1. The molecule has 188 valence electrons. The summed E-state index contributed by atoms with van der Waals surface area (Å²) in [6, 6.07) is -0.939. The van der Waals surface area contributed by atoms with Crippen molar-refractivity contribution in [1.82, 2.24) is 5.32 Å². The number of nitrogens with two attached hydrogens (primary N) is 1. The van der Waals surface area contributed by atoms with Crippen molar-refractivity contribution in [3.8, 4) is 0 Å². The average molecular weight is 499 g/mol. The molecule has 4 N–H and O–H groups in total. The van der Waals surface area contributed by atoms with Gasteiger partial charge >= 0.3 is 5.97 Å². The van der Waals surface area contributed by atoms with Gasteiger partial charge in [-0.3, -0.25) is 9.59 Å². The lowest BCUT2D eigenvalue weighted by molar-refractivity contribution is -0.138. The summed E-state index contributed by atoms with van der Waals surface area (Å²) in [6.07, 6.45) is 11.8. The largest absolute Gasteiger partial charge is 0.480 e. The molecule has 0 aliphatic rings. The molecule has 2 amide bonds. The van der Waals surface area contributed by atoms with Crippen LogP contribution in [0.1, 0.15) is 73.1 Å². The highest BCUT2D eigenvalue weighted by molar-refractivity contribution is 8.13. The fraction of sp³-hybridized carbons (Fsp3) is 0.640. The number of carboxylic acid groups (broad SMARTS) is 1. The summed E-state index contributed by atoms with van der Waals surface area (Å²) in [5, 5.41) is 11.6. The Morgan fingerprint density at radius 1 is 0.970 bits per heavy atom. The topological polar surface area (TPSA) is 109 Å². The molecular weight excluding hydrogens is 456 g/mol. The Bertz CT molecular complexity index is 713. The van der Waals surface area contributed by atoms with Crippen molar-refractivity contribution >= 4 is 40.6 Å². The first-order chi connectivity index (χ1) is 15.5. The van der Waals surface area contributed by atoms with Crippen molar-refractivity contribution in [2.75, 3.05) is 17.3 Å². The number of allylic oxidation sites excluding steroid dienone is 5. The Balaban J connectivity index is 4.32. The van der Waals surface area contributed by atoms with Crippen molar-refractivity contribution in [3.05, 3.63) is 34.9 Å². The zero-order valence-corrected chi connectivity index (χ0v) is 22.4. The lowest BCUT2D eigenvalue weighted by Crippen LogP contribution is -2.41. The van der Waals surface area contributed by atoms with Gasteiger partial charge in [0.2, 0.25) is 5.91 Å². The lowest BCUT2D eigenvalue weighted by atomic mass is 10.1. The predicted molar refractivity (Wildman–Crippen MR) is 143 cm³/mol. The first kappa shape index (κ1) is 31.3. The monoisotopic (exact) mass is 498 g/mol. The van der Waals surface area contributed by atoms with Crippen LogP contribution in [0.25, 0.3) is 0 Å². The van der Waals surface area contributed by atoms with Crippen LogP contribution < -0.4 is 11.1 Å². The molecule has 6 nitrogen and oxygen atoms in total. The minimum absolute atomic E-state index is 0.0139. The Hall–Kier alpha value is -1.67. The molecule has 0 spiro atoms. The highest BCUT2D eigenvalue weighted by Gasteiger charge is 2.21. The number of hydrogen-bond acceptors (Lipinski definition) is 5. The van der Waals surface area contributed by atoms with E-state index in [9.17, 15) is 19.5 Å². The van der Waals surface area contributed by atoms with Gasteiger partial charge in [0.1, 0.15) is 6.04 Å². The maximum atomic E-state index is 12.1. The second kappa shape index (κ2) is 18.7. The Kier molecular flexibility index (Phi) is 17.8. The third kappa shape index (κ3) is 18.4. The fourth-order valence-corrected chi connectivity index (χ4v) is 4.85. The van der Waals surface area contributed by atoms with E-state index in [0.29, 0.717) is 17.3 Å². The summed E-state index contributed by atoms with van der Waals surface area (Å²) in [5.74, 6) is 0.0214. The van der Waals surface area contributed by atoms with Crippen molar-refractivity contribution in [3.63, 3.8) is 0 Å². The number of carboxylic acids is 1. The van der Waals surface area contributed by atoms with E-state index in [4.69, 9.17) is 5.73 Å². The van der Waals surface area contributed by atoms with Gasteiger partial charge in [-0.05, 0) is 59.3 Å². The SMILES string of the molecule is CCC(CSC(=O)N[C@@H](CSC/C=C(\C)CC/C=C(\C)CCC=C(C)C)C(=O)O)CC(N)=O. The van der Waals surface area contributed by atoms with E-state index in [1.165, 1.54) is 28.5 Å². The quantitative estimate of drug-likeness (QED) is 0.169. The number of carbonyl (C=O) groups excluding carboxylic acids is 2. The molecule has 0 aromatic rings. The zero-order valence-electron chi connectivity index (χ0n) is 20.8. The summed E-state index contributed by atoms with van der Waals surface area (Å²) >= 11 is 2.49. The molecule has 0 heterocycles. The van der Waals surface area contributed by atoms with Gasteiger partial charge in [-0.25, -0.2) is 4.79 Å². The van der Waals surface area contributed by atoms with E-state index < -0.39 is 17.9 Å². The summed E-state index contributed by atoms with van der Waals surface area (Å²) in [6.45, 7) is 10.4. The van der Waals surface area contributed by atoms with Gasteiger partial charge in [0.25, 0.3) is 5.24 Å². The second-order valence-electron chi connectivity index (χ2n) is 8.58. The molecule has 8 heteroatoms. The molecule has 2 atom stereocenters. The molecule has 0 saturated heterocycles. The third-order valence-corrected chi connectivity index (χ3v) is 7.05. The van der Waals surface area contributed by atoms with Crippen LogP contribution in [0.3, 0.4) is 0 Å². The molecule has 0 saturated carbocycles. The molecule has 0 aliphatic heterocycles. The van der Waals surface area contributed by atoms with Crippen molar-refractivity contribution in [2.45, 2.75) is 79.2 Å². The Morgan fingerprint density at radius 3 is 2.12 bits per heavy atom. The van der Waals surface area contributed by atoms with Crippen molar-refractivity contribution in [1.29, 1.82) is 0 Å². The lowest BCUT2D eigenvalue weighted by Gasteiger charge is -2.15. The fourth-order valence-electron chi connectivity index (χ4n) is 2.88. The minimum Gasteiger partial charge on any atom is -0.480 e. The molecule has 0 rings (SSSR count). The van der Waals surface area contributed by atoms with E-state index in [-0.39, 0.29) is 17.6 Å². The molecule has 0 fully saturated rings. The first-order valence-electron chi connectivity index (χ1n) is 11.5. The maximum Gasteiger partial charge on any atom is 0.327 e. The number of rotatable bonds is 17. The first-order valence-corrected chi connectivity index (χ1v) is 13.7. The molecule has 0 aromatic carbocycles. The van der Waals surface area contributed by atoms with E-state index in [2.05, 4.69) is 51.2 Å². The van der Waals surface area contributed by atoms with Crippen LogP contribution in [0, 0.1) is 5.92 Å². The predicted octanol–water partition coefficient (Wildman–Crippen LogP) is 5.94. The molecule has 1 unspecified atom stereocenters. The normalized spacial score (nSPS) is 13.8. The summed E-state index contributed by atoms with van der Waals surface area (Å²) < 4.78 is 0. The molecule has 0 aromatic heterocycles. The van der Waals surface area contributed by atoms with Gasteiger partial charge in [-0.1, -0.05) is 60.1 Å². The third-order valence-electron chi connectivity index (χ3n) is 5.06. The number of thioether (sulfide) groups is 2. The van der Waals surface area contributed by atoms with E-state index >= 15 is 0 Å². The molecular formula is C25H42N2O4S2. The van der Waals surface area contributed by atoms with Crippen molar-refractivity contribution < 1.29 is 19.5 Å². The van der Waals surface area contributed by atoms with Crippen LogP contribution in [0.15, 0.2) is 34.9 Å². The van der Waals surface area contributed by atoms with Gasteiger partial charge in [0.05, 0.1) is 0 Å². The van der Waals surface area contributed by atoms with Crippen LogP contribution >= 0.6 is 23.5 Å². The average Bonchev–Trinajstić information content (AvgIpc) is 2.72. The van der Waals surface area contributed by atoms with Crippen molar-refractivity contribution in [2.24, 2.45) is 11.7 Å². The summed E-state index contributed by atoms with van der Waals surface area (Å²) in [7, 11) is 0. The number of nitrogens with one attached hydrogen (secondary N) is 1. The van der Waals surface area contributed by atoms with Crippen LogP contribution in [-0.2, 0) is 9.59 Å². The minimum atomic E-state index is -1.05. The van der Waals surface area contributed by atoms with E-state index in [1.807, 2.05) is 6.92 Å².